The molecule has 0 heterocycles. The van der Waals surface area contributed by atoms with Crippen molar-refractivity contribution in [2.45, 2.75) is 6.54 Å². The Balaban J connectivity index is 2.16. The molecule has 18 heavy (non-hydrogen) atoms. The molecule has 0 atom stereocenters. The molecule has 5 heteroatoms. The third-order valence-corrected chi connectivity index (χ3v) is 2.41. The van der Waals surface area contributed by atoms with Crippen LogP contribution >= 0.6 is 0 Å². The molecule has 2 aromatic carbocycles. The van der Waals surface area contributed by atoms with E-state index in [0.29, 0.717) is 0 Å². The summed E-state index contributed by atoms with van der Waals surface area (Å²) >= 11 is 0. The van der Waals surface area contributed by atoms with Gasteiger partial charge in [-0.25, -0.2) is 17.6 Å². The van der Waals surface area contributed by atoms with Crippen molar-refractivity contribution in [1.29, 1.82) is 0 Å². The van der Waals surface area contributed by atoms with Crippen molar-refractivity contribution in [1.82, 2.24) is 0 Å². The lowest BCUT2D eigenvalue weighted by molar-refractivity contribution is 0.585. The van der Waals surface area contributed by atoms with E-state index in [-0.39, 0.29) is 17.8 Å². The maximum absolute atomic E-state index is 13.3. The highest BCUT2D eigenvalue weighted by atomic mass is 19.1. The van der Waals surface area contributed by atoms with Crippen LogP contribution < -0.4 is 5.32 Å². The van der Waals surface area contributed by atoms with Gasteiger partial charge in [0.1, 0.15) is 23.3 Å². The van der Waals surface area contributed by atoms with Crippen molar-refractivity contribution in [3.8, 4) is 0 Å². The normalized spacial score (nSPS) is 10.4. The Morgan fingerprint density at radius 2 is 1.39 bits per heavy atom. The Labute approximate surface area is 101 Å². The van der Waals surface area contributed by atoms with Crippen molar-refractivity contribution < 1.29 is 17.6 Å². The van der Waals surface area contributed by atoms with E-state index in [2.05, 4.69) is 5.32 Å². The summed E-state index contributed by atoms with van der Waals surface area (Å²) in [6.45, 7) is -0.135. The summed E-state index contributed by atoms with van der Waals surface area (Å²) in [5.41, 5.74) is -0.0580. The van der Waals surface area contributed by atoms with Crippen LogP contribution in [0.5, 0.6) is 0 Å². The largest absolute Gasteiger partial charge is 0.378 e. The van der Waals surface area contributed by atoms with Gasteiger partial charge in [-0.05, 0) is 36.4 Å². The number of benzene rings is 2. The molecule has 0 radical (unpaired) electrons. The average Bonchev–Trinajstić information content (AvgIpc) is 2.34. The molecule has 0 aliphatic heterocycles. The van der Waals surface area contributed by atoms with Crippen LogP contribution in [-0.2, 0) is 6.54 Å². The zero-order chi connectivity index (χ0) is 13.1. The maximum atomic E-state index is 13.3. The van der Waals surface area contributed by atoms with Crippen LogP contribution in [0.2, 0.25) is 0 Å². The van der Waals surface area contributed by atoms with Crippen LogP contribution in [0.15, 0.2) is 36.4 Å². The van der Waals surface area contributed by atoms with E-state index < -0.39 is 23.3 Å². The molecule has 0 fully saturated rings. The van der Waals surface area contributed by atoms with Gasteiger partial charge in [0.2, 0.25) is 0 Å². The van der Waals surface area contributed by atoms with Gasteiger partial charge in [0.05, 0.1) is 5.69 Å². The third-order valence-electron chi connectivity index (χ3n) is 2.41. The van der Waals surface area contributed by atoms with Gasteiger partial charge in [0.25, 0.3) is 0 Å². The first-order valence-electron chi connectivity index (χ1n) is 5.19. The van der Waals surface area contributed by atoms with Gasteiger partial charge in [0, 0.05) is 12.1 Å². The molecule has 1 N–H and O–H groups in total. The van der Waals surface area contributed by atoms with E-state index in [1.807, 2.05) is 0 Å². The first-order chi connectivity index (χ1) is 8.56. The van der Waals surface area contributed by atoms with E-state index in [4.69, 9.17) is 0 Å². The Morgan fingerprint density at radius 1 is 0.778 bits per heavy atom. The van der Waals surface area contributed by atoms with Crippen LogP contribution in [0.4, 0.5) is 23.2 Å². The molecule has 94 valence electrons. The van der Waals surface area contributed by atoms with Gasteiger partial charge >= 0.3 is 0 Å². The fourth-order valence-electron chi connectivity index (χ4n) is 1.50. The monoisotopic (exact) mass is 255 g/mol. The SMILES string of the molecule is Fc1ccc(F)c(CNc2cc(F)ccc2F)c1. The van der Waals surface area contributed by atoms with E-state index in [1.165, 1.54) is 0 Å². The van der Waals surface area contributed by atoms with Gasteiger partial charge in [0.15, 0.2) is 0 Å². The summed E-state index contributed by atoms with van der Waals surface area (Å²) in [6, 6.07) is 5.85. The molecule has 0 saturated carbocycles. The van der Waals surface area contributed by atoms with Gasteiger partial charge in [-0.15, -0.1) is 0 Å². The van der Waals surface area contributed by atoms with Crippen molar-refractivity contribution in [2.75, 3.05) is 5.32 Å². The molecule has 0 spiro atoms. The fraction of sp³-hybridized carbons (Fsp3) is 0.0769. The van der Waals surface area contributed by atoms with E-state index in [1.54, 1.807) is 0 Å². The van der Waals surface area contributed by atoms with Crippen LogP contribution in [0.25, 0.3) is 0 Å². The summed E-state index contributed by atoms with van der Waals surface area (Å²) in [6.07, 6.45) is 0. The Morgan fingerprint density at radius 3 is 2.11 bits per heavy atom. The topological polar surface area (TPSA) is 12.0 Å². The minimum atomic E-state index is -0.659. The van der Waals surface area contributed by atoms with Gasteiger partial charge in [-0.3, -0.25) is 0 Å². The van der Waals surface area contributed by atoms with Crippen molar-refractivity contribution in [3.63, 3.8) is 0 Å². The predicted octanol–water partition coefficient (Wildman–Crippen LogP) is 3.86. The molecule has 0 amide bonds. The molecule has 1 nitrogen and oxygen atoms in total. The number of rotatable bonds is 3. The number of nitrogens with one attached hydrogen (secondary N) is 1. The molecule has 0 saturated heterocycles. The average molecular weight is 255 g/mol. The van der Waals surface area contributed by atoms with Crippen LogP contribution in [-0.4, -0.2) is 0 Å². The molecule has 0 aromatic heterocycles. The molecular weight excluding hydrogens is 246 g/mol. The highest BCUT2D eigenvalue weighted by molar-refractivity contribution is 5.45. The van der Waals surface area contributed by atoms with E-state index in [9.17, 15) is 17.6 Å². The maximum Gasteiger partial charge on any atom is 0.146 e. The van der Waals surface area contributed by atoms with Gasteiger partial charge in [-0.2, -0.15) is 0 Å². The smallest absolute Gasteiger partial charge is 0.146 e. The summed E-state index contributed by atoms with van der Waals surface area (Å²) in [4.78, 5) is 0. The standard InChI is InChI=1S/C13H9F4N/c14-9-1-3-11(16)8(5-9)7-18-13-6-10(15)2-4-12(13)17/h1-6,18H,7H2. The number of halogens is 4. The van der Waals surface area contributed by atoms with Gasteiger partial charge < -0.3 is 5.32 Å². The quantitative estimate of drug-likeness (QED) is 0.821. The minimum absolute atomic E-state index is 0.0404. The second kappa shape index (κ2) is 5.08. The summed E-state index contributed by atoms with van der Waals surface area (Å²) in [7, 11) is 0. The van der Waals surface area contributed by atoms with E-state index >= 15 is 0 Å². The van der Waals surface area contributed by atoms with Gasteiger partial charge in [-0.1, -0.05) is 0 Å². The number of anilines is 1. The zero-order valence-corrected chi connectivity index (χ0v) is 9.18. The third kappa shape index (κ3) is 2.80. The summed E-state index contributed by atoms with van der Waals surface area (Å²) in [5, 5.41) is 2.52. The molecule has 2 rings (SSSR count). The molecular formula is C13H9F4N. The molecule has 0 unspecified atom stereocenters. The van der Waals surface area contributed by atoms with E-state index in [0.717, 1.165) is 36.4 Å². The highest BCUT2D eigenvalue weighted by Gasteiger charge is 2.06. The molecule has 0 aliphatic rings. The number of hydrogen-bond acceptors (Lipinski definition) is 1. The van der Waals surface area contributed by atoms with Crippen LogP contribution in [0.3, 0.4) is 0 Å². The summed E-state index contributed by atoms with van der Waals surface area (Å²) < 4.78 is 52.3. The fourth-order valence-corrected chi connectivity index (χ4v) is 1.50. The molecule has 0 aliphatic carbocycles. The number of hydrogen-bond donors (Lipinski definition) is 1. The second-order valence-electron chi connectivity index (χ2n) is 3.71. The lowest BCUT2D eigenvalue weighted by Crippen LogP contribution is -2.04. The lowest BCUT2D eigenvalue weighted by atomic mass is 10.2. The first kappa shape index (κ1) is 12.4. The van der Waals surface area contributed by atoms with Crippen molar-refractivity contribution in [3.05, 3.63) is 65.2 Å². The van der Waals surface area contributed by atoms with Crippen LogP contribution in [0.1, 0.15) is 5.56 Å². The Bertz CT molecular complexity index is 517. The van der Waals surface area contributed by atoms with Crippen molar-refractivity contribution in [2.24, 2.45) is 0 Å². The summed E-state index contributed by atoms with van der Waals surface area (Å²) in [5.74, 6) is -2.47. The van der Waals surface area contributed by atoms with Crippen molar-refractivity contribution >= 4 is 5.69 Å². The first-order valence-corrected chi connectivity index (χ1v) is 5.19. The zero-order valence-electron chi connectivity index (χ0n) is 9.18. The molecule has 2 aromatic rings. The second-order valence-corrected chi connectivity index (χ2v) is 3.71. The van der Waals surface area contributed by atoms with Crippen LogP contribution in [0, 0.1) is 23.3 Å². The Hall–Kier alpha value is -2.04. The highest BCUT2D eigenvalue weighted by Crippen LogP contribution is 2.17. The predicted molar refractivity (Wildman–Crippen MR) is 60.0 cm³/mol. The minimum Gasteiger partial charge on any atom is -0.378 e. The Kier molecular flexibility index (Phi) is 3.50. The molecule has 0 bridgehead atoms. The lowest BCUT2D eigenvalue weighted by Gasteiger charge is -2.08.